The molecule has 2 aromatic heterocycles. The van der Waals surface area contributed by atoms with Gasteiger partial charge in [-0.3, -0.25) is 9.39 Å². The van der Waals surface area contributed by atoms with E-state index in [1.807, 2.05) is 28.8 Å². The van der Waals surface area contributed by atoms with Crippen molar-refractivity contribution >= 4 is 11.6 Å². The van der Waals surface area contributed by atoms with Crippen LogP contribution in [-0.4, -0.2) is 46.9 Å². The number of nitrogens with one attached hydrogen (secondary N) is 2. The number of fused-ring (bicyclic) bond motifs is 1. The molecule has 0 unspecified atom stereocenters. The monoisotopic (exact) mass is 406 g/mol. The third-order valence-corrected chi connectivity index (χ3v) is 4.03. The average molecular weight is 406 g/mol. The van der Waals surface area contributed by atoms with Crippen LogP contribution in [0.25, 0.3) is 5.65 Å². The topological polar surface area (TPSA) is 75.8 Å². The summed E-state index contributed by atoms with van der Waals surface area (Å²) in [6.07, 6.45) is -1.77. The smallest absolute Gasteiger partial charge is 0.422 e. The Morgan fingerprint density at radius 2 is 1.90 bits per heavy atom. The largest absolute Gasteiger partial charge is 0.484 e. The van der Waals surface area contributed by atoms with Gasteiger partial charge in [-0.25, -0.2) is 0 Å². The summed E-state index contributed by atoms with van der Waals surface area (Å²) in [7, 11) is 1.66. The number of aliphatic imine (C=N–C) groups is 1. The zero-order valence-corrected chi connectivity index (χ0v) is 15.8. The summed E-state index contributed by atoms with van der Waals surface area (Å²) in [5.41, 5.74) is 1.68. The van der Waals surface area contributed by atoms with Crippen LogP contribution in [0.15, 0.2) is 53.7 Å². The van der Waals surface area contributed by atoms with Crippen molar-refractivity contribution in [1.82, 2.24) is 25.2 Å². The fourth-order valence-corrected chi connectivity index (χ4v) is 2.63. The van der Waals surface area contributed by atoms with E-state index in [1.165, 1.54) is 12.1 Å². The number of alkyl halides is 3. The highest BCUT2D eigenvalue weighted by Gasteiger charge is 2.28. The number of ether oxygens (including phenoxy) is 1. The highest BCUT2D eigenvalue weighted by molar-refractivity contribution is 5.79. The van der Waals surface area contributed by atoms with Gasteiger partial charge in [-0.05, 0) is 29.8 Å². The van der Waals surface area contributed by atoms with E-state index in [-0.39, 0.29) is 5.75 Å². The van der Waals surface area contributed by atoms with Crippen LogP contribution < -0.4 is 15.4 Å². The molecule has 0 aliphatic heterocycles. The number of benzene rings is 1. The van der Waals surface area contributed by atoms with Gasteiger partial charge in [-0.1, -0.05) is 18.2 Å². The van der Waals surface area contributed by atoms with E-state index in [0.717, 1.165) is 17.0 Å². The number of aromatic nitrogens is 3. The Morgan fingerprint density at radius 1 is 1.10 bits per heavy atom. The number of guanidine groups is 1. The molecule has 0 saturated carbocycles. The molecule has 29 heavy (non-hydrogen) atoms. The number of nitrogens with zero attached hydrogens (tertiary/aromatic N) is 4. The number of rotatable bonds is 7. The van der Waals surface area contributed by atoms with Gasteiger partial charge in [0.2, 0.25) is 0 Å². The van der Waals surface area contributed by atoms with Gasteiger partial charge in [0.25, 0.3) is 0 Å². The van der Waals surface area contributed by atoms with Gasteiger partial charge in [0, 0.05) is 32.8 Å². The molecule has 1 aromatic carbocycles. The molecular weight excluding hydrogens is 385 g/mol. The lowest BCUT2D eigenvalue weighted by Crippen LogP contribution is -2.38. The molecule has 3 rings (SSSR count). The van der Waals surface area contributed by atoms with E-state index >= 15 is 0 Å². The zero-order chi connectivity index (χ0) is 20.7. The minimum absolute atomic E-state index is 0.175. The van der Waals surface area contributed by atoms with Crippen LogP contribution in [0.4, 0.5) is 13.2 Å². The summed E-state index contributed by atoms with van der Waals surface area (Å²) >= 11 is 0. The molecule has 0 spiro atoms. The van der Waals surface area contributed by atoms with Crippen LogP contribution in [0, 0.1) is 0 Å². The first kappa shape index (κ1) is 20.4. The molecular formula is C19H21F3N6O. The Balaban J connectivity index is 1.44. The Hall–Kier alpha value is -3.30. The second-order valence-electron chi connectivity index (χ2n) is 6.20. The number of pyridine rings is 1. The number of hydrogen-bond donors (Lipinski definition) is 2. The lowest BCUT2D eigenvalue weighted by atomic mass is 10.2. The van der Waals surface area contributed by atoms with Crippen LogP contribution in [0.1, 0.15) is 11.4 Å². The van der Waals surface area contributed by atoms with Crippen LogP contribution in [0.5, 0.6) is 5.75 Å². The summed E-state index contributed by atoms with van der Waals surface area (Å²) in [5, 5.41) is 14.6. The molecule has 0 amide bonds. The Bertz CT molecular complexity index is 952. The zero-order valence-electron chi connectivity index (χ0n) is 15.8. The van der Waals surface area contributed by atoms with Crippen molar-refractivity contribution in [1.29, 1.82) is 0 Å². The molecule has 0 fully saturated rings. The maximum Gasteiger partial charge on any atom is 0.422 e. The van der Waals surface area contributed by atoms with Gasteiger partial charge in [0.15, 0.2) is 18.2 Å². The Labute approximate surface area is 165 Å². The van der Waals surface area contributed by atoms with Gasteiger partial charge < -0.3 is 15.4 Å². The first-order chi connectivity index (χ1) is 13.9. The molecule has 0 aliphatic rings. The van der Waals surface area contributed by atoms with Gasteiger partial charge >= 0.3 is 6.18 Å². The summed E-state index contributed by atoms with van der Waals surface area (Å²) < 4.78 is 43.1. The van der Waals surface area contributed by atoms with Crippen LogP contribution >= 0.6 is 0 Å². The summed E-state index contributed by atoms with van der Waals surface area (Å²) in [6, 6.07) is 12.2. The van der Waals surface area contributed by atoms with E-state index in [2.05, 4.69) is 25.8 Å². The second-order valence-corrected chi connectivity index (χ2v) is 6.20. The summed E-state index contributed by atoms with van der Waals surface area (Å²) in [5.74, 6) is 1.63. The van der Waals surface area contributed by atoms with Crippen LogP contribution in [-0.2, 0) is 13.0 Å². The predicted molar refractivity (Wildman–Crippen MR) is 103 cm³/mol. The molecule has 154 valence electrons. The van der Waals surface area contributed by atoms with Crippen molar-refractivity contribution in [3.63, 3.8) is 0 Å². The molecule has 0 bridgehead atoms. The van der Waals surface area contributed by atoms with Gasteiger partial charge in [0.05, 0.1) is 0 Å². The molecule has 0 atom stereocenters. The molecule has 0 radical (unpaired) electrons. The van der Waals surface area contributed by atoms with Crippen molar-refractivity contribution in [2.24, 2.45) is 4.99 Å². The van der Waals surface area contributed by atoms with E-state index in [9.17, 15) is 13.2 Å². The molecule has 10 heteroatoms. The normalized spacial score (nSPS) is 12.2. The maximum atomic E-state index is 12.2. The minimum atomic E-state index is -4.35. The molecule has 0 saturated heterocycles. The number of hydrogen-bond acceptors (Lipinski definition) is 4. The van der Waals surface area contributed by atoms with Gasteiger partial charge in [-0.2, -0.15) is 13.2 Å². The standard InChI is InChI=1S/C19H21F3N6O/c1-23-18(24-10-9-17-27-26-16-4-2-3-11-28(16)17)25-12-14-5-7-15(8-6-14)29-13-19(20,21)22/h2-8,11H,9-10,12-13H2,1H3,(H2,23,24,25). The van der Waals surface area contributed by atoms with E-state index in [4.69, 9.17) is 4.74 Å². The molecule has 2 heterocycles. The third kappa shape index (κ3) is 6.09. The quantitative estimate of drug-likeness (QED) is 0.466. The van der Waals surface area contributed by atoms with Gasteiger partial charge in [-0.15, -0.1) is 10.2 Å². The van der Waals surface area contributed by atoms with E-state index < -0.39 is 12.8 Å². The predicted octanol–water partition coefficient (Wildman–Crippen LogP) is 2.58. The fraction of sp³-hybridized carbons (Fsp3) is 0.316. The van der Waals surface area contributed by atoms with Crippen LogP contribution in [0.2, 0.25) is 0 Å². The molecule has 2 N–H and O–H groups in total. The van der Waals surface area contributed by atoms with Gasteiger partial charge in [0.1, 0.15) is 11.6 Å². The van der Waals surface area contributed by atoms with E-state index in [1.54, 1.807) is 19.2 Å². The highest BCUT2D eigenvalue weighted by atomic mass is 19.4. The summed E-state index contributed by atoms with van der Waals surface area (Å²) in [4.78, 5) is 4.16. The highest BCUT2D eigenvalue weighted by Crippen LogP contribution is 2.18. The van der Waals surface area contributed by atoms with Crippen molar-refractivity contribution in [2.45, 2.75) is 19.1 Å². The fourth-order valence-electron chi connectivity index (χ4n) is 2.63. The second kappa shape index (κ2) is 9.26. The maximum absolute atomic E-state index is 12.2. The lowest BCUT2D eigenvalue weighted by molar-refractivity contribution is -0.153. The molecule has 0 aliphatic carbocycles. The third-order valence-electron chi connectivity index (χ3n) is 4.03. The van der Waals surface area contributed by atoms with E-state index in [0.29, 0.717) is 25.5 Å². The molecule has 3 aromatic rings. The van der Waals surface area contributed by atoms with Crippen molar-refractivity contribution in [3.05, 3.63) is 60.0 Å². The first-order valence-electron chi connectivity index (χ1n) is 8.96. The van der Waals surface area contributed by atoms with Crippen molar-refractivity contribution < 1.29 is 17.9 Å². The van der Waals surface area contributed by atoms with Crippen LogP contribution in [0.3, 0.4) is 0 Å². The SMILES string of the molecule is CN=C(NCCc1nnc2ccccn12)NCc1ccc(OCC(F)(F)F)cc1. The van der Waals surface area contributed by atoms with Crippen molar-refractivity contribution in [2.75, 3.05) is 20.2 Å². The van der Waals surface area contributed by atoms with Crippen molar-refractivity contribution in [3.8, 4) is 5.75 Å². The minimum Gasteiger partial charge on any atom is -0.484 e. The first-order valence-corrected chi connectivity index (χ1v) is 8.96. The summed E-state index contributed by atoms with van der Waals surface area (Å²) in [6.45, 7) is -0.227. The molecule has 7 nitrogen and oxygen atoms in total. The Kier molecular flexibility index (Phi) is 6.53. The lowest BCUT2D eigenvalue weighted by Gasteiger charge is -2.12. The average Bonchev–Trinajstić information content (AvgIpc) is 3.12. The Morgan fingerprint density at radius 3 is 2.62 bits per heavy atom. The number of halogens is 3.